The van der Waals surface area contributed by atoms with Gasteiger partial charge in [0.1, 0.15) is 0 Å². The Morgan fingerprint density at radius 1 is 1.40 bits per heavy atom. The molecule has 2 rings (SSSR count). The molecule has 1 fully saturated rings. The summed E-state index contributed by atoms with van der Waals surface area (Å²) in [5.74, 6) is -0.0936. The van der Waals surface area contributed by atoms with Gasteiger partial charge in [-0.15, -0.1) is 11.8 Å². The lowest BCUT2D eigenvalue weighted by Gasteiger charge is -2.25. The molecule has 0 radical (unpaired) electrons. The van der Waals surface area contributed by atoms with Gasteiger partial charge in [0.2, 0.25) is 0 Å². The van der Waals surface area contributed by atoms with Gasteiger partial charge in [-0.25, -0.2) is 5.43 Å². The SMILES string of the molecule is CSc1ccc(/C=N/NC(=O)CN2CCOCC2)cc1. The minimum atomic E-state index is -0.0936. The van der Waals surface area contributed by atoms with Crippen molar-refractivity contribution in [2.24, 2.45) is 5.10 Å². The quantitative estimate of drug-likeness (QED) is 0.503. The second-order valence-electron chi connectivity index (χ2n) is 4.45. The number of hydrogen-bond donors (Lipinski definition) is 1. The number of amides is 1. The zero-order chi connectivity index (χ0) is 14.2. The average Bonchev–Trinajstić information content (AvgIpc) is 2.49. The van der Waals surface area contributed by atoms with Crippen molar-refractivity contribution < 1.29 is 9.53 Å². The van der Waals surface area contributed by atoms with E-state index in [1.807, 2.05) is 30.5 Å². The van der Waals surface area contributed by atoms with Gasteiger partial charge in [-0.3, -0.25) is 9.69 Å². The molecule has 1 aromatic carbocycles. The molecule has 0 atom stereocenters. The lowest BCUT2D eigenvalue weighted by atomic mass is 10.2. The molecule has 0 aliphatic carbocycles. The molecule has 20 heavy (non-hydrogen) atoms. The van der Waals surface area contributed by atoms with E-state index in [1.165, 1.54) is 4.90 Å². The molecule has 1 N–H and O–H groups in total. The molecule has 0 saturated carbocycles. The fourth-order valence-electron chi connectivity index (χ4n) is 1.87. The van der Waals surface area contributed by atoms with Gasteiger partial charge in [0, 0.05) is 18.0 Å². The number of carbonyl (C=O) groups excluding carboxylic acids is 1. The maximum Gasteiger partial charge on any atom is 0.254 e. The van der Waals surface area contributed by atoms with Crippen LogP contribution in [0.4, 0.5) is 0 Å². The van der Waals surface area contributed by atoms with Crippen LogP contribution in [0.25, 0.3) is 0 Å². The Balaban J connectivity index is 1.75. The van der Waals surface area contributed by atoms with E-state index in [-0.39, 0.29) is 5.91 Å². The zero-order valence-corrected chi connectivity index (χ0v) is 12.4. The summed E-state index contributed by atoms with van der Waals surface area (Å²) >= 11 is 1.70. The molecule has 1 heterocycles. The first kappa shape index (κ1) is 15.0. The molecule has 0 unspecified atom stereocenters. The predicted octanol–water partition coefficient (Wildman–Crippen LogP) is 1.19. The standard InChI is InChI=1S/C14H19N3O2S/c1-20-13-4-2-12(3-5-13)10-15-16-14(18)11-17-6-8-19-9-7-17/h2-5,10H,6-9,11H2,1H3,(H,16,18)/b15-10+. The fraction of sp³-hybridized carbons (Fsp3) is 0.429. The number of benzene rings is 1. The summed E-state index contributed by atoms with van der Waals surface area (Å²) in [5, 5.41) is 3.97. The topological polar surface area (TPSA) is 53.9 Å². The lowest BCUT2D eigenvalue weighted by Crippen LogP contribution is -2.42. The van der Waals surface area contributed by atoms with Gasteiger partial charge < -0.3 is 4.74 Å². The molecule has 5 nitrogen and oxygen atoms in total. The summed E-state index contributed by atoms with van der Waals surface area (Å²) < 4.78 is 5.23. The Bertz CT molecular complexity index is 456. The van der Waals surface area contributed by atoms with Gasteiger partial charge in [-0.05, 0) is 24.0 Å². The summed E-state index contributed by atoms with van der Waals surface area (Å²) in [6.07, 6.45) is 3.69. The third-order valence-corrected chi connectivity index (χ3v) is 3.73. The van der Waals surface area contributed by atoms with Gasteiger partial charge in [0.25, 0.3) is 5.91 Å². The fourth-order valence-corrected chi connectivity index (χ4v) is 2.27. The van der Waals surface area contributed by atoms with Gasteiger partial charge in [-0.2, -0.15) is 5.10 Å². The summed E-state index contributed by atoms with van der Waals surface area (Å²) in [7, 11) is 0. The van der Waals surface area contributed by atoms with Crippen molar-refractivity contribution in [1.29, 1.82) is 0 Å². The first-order chi connectivity index (χ1) is 9.78. The third kappa shape index (κ3) is 4.96. The van der Waals surface area contributed by atoms with Crippen LogP contribution < -0.4 is 5.43 Å². The molecule has 1 aromatic rings. The van der Waals surface area contributed by atoms with E-state index in [0.29, 0.717) is 19.8 Å². The highest BCUT2D eigenvalue weighted by molar-refractivity contribution is 7.98. The van der Waals surface area contributed by atoms with Crippen molar-refractivity contribution >= 4 is 23.9 Å². The van der Waals surface area contributed by atoms with E-state index in [0.717, 1.165) is 18.7 Å². The van der Waals surface area contributed by atoms with Crippen LogP contribution in [0.5, 0.6) is 0 Å². The average molecular weight is 293 g/mol. The molecular weight excluding hydrogens is 274 g/mol. The number of nitrogens with zero attached hydrogens (tertiary/aromatic N) is 2. The van der Waals surface area contributed by atoms with E-state index >= 15 is 0 Å². The minimum absolute atomic E-state index is 0.0936. The van der Waals surface area contributed by atoms with Crippen LogP contribution in [0.1, 0.15) is 5.56 Å². The molecule has 0 spiro atoms. The van der Waals surface area contributed by atoms with Crippen LogP contribution in [0.15, 0.2) is 34.3 Å². The van der Waals surface area contributed by atoms with Crippen LogP contribution in [0.2, 0.25) is 0 Å². The molecule has 0 aromatic heterocycles. The van der Waals surface area contributed by atoms with Crippen molar-refractivity contribution in [1.82, 2.24) is 10.3 Å². The van der Waals surface area contributed by atoms with E-state index in [1.54, 1.807) is 18.0 Å². The van der Waals surface area contributed by atoms with Crippen LogP contribution in [-0.4, -0.2) is 56.1 Å². The van der Waals surface area contributed by atoms with Crippen LogP contribution in [0.3, 0.4) is 0 Å². The molecule has 1 aliphatic heterocycles. The Labute approximate surface area is 123 Å². The second-order valence-corrected chi connectivity index (χ2v) is 5.33. The zero-order valence-electron chi connectivity index (χ0n) is 11.5. The lowest BCUT2D eigenvalue weighted by molar-refractivity contribution is -0.123. The maximum absolute atomic E-state index is 11.7. The monoisotopic (exact) mass is 293 g/mol. The van der Waals surface area contributed by atoms with Crippen molar-refractivity contribution in [2.45, 2.75) is 4.90 Å². The highest BCUT2D eigenvalue weighted by Crippen LogP contribution is 2.13. The molecule has 1 aliphatic rings. The number of ether oxygens (including phenoxy) is 1. The summed E-state index contributed by atoms with van der Waals surface area (Å²) in [5.41, 5.74) is 3.52. The summed E-state index contributed by atoms with van der Waals surface area (Å²) in [6, 6.07) is 8.01. The highest BCUT2D eigenvalue weighted by Gasteiger charge is 2.13. The van der Waals surface area contributed by atoms with Crippen molar-refractivity contribution in [3.63, 3.8) is 0 Å². The highest BCUT2D eigenvalue weighted by atomic mass is 32.2. The van der Waals surface area contributed by atoms with Crippen molar-refractivity contribution in [3.05, 3.63) is 29.8 Å². The van der Waals surface area contributed by atoms with Crippen LogP contribution >= 0.6 is 11.8 Å². The van der Waals surface area contributed by atoms with Gasteiger partial charge in [0.15, 0.2) is 0 Å². The van der Waals surface area contributed by atoms with E-state index in [4.69, 9.17) is 4.74 Å². The molecule has 6 heteroatoms. The van der Waals surface area contributed by atoms with E-state index < -0.39 is 0 Å². The Morgan fingerprint density at radius 2 is 2.10 bits per heavy atom. The molecule has 1 saturated heterocycles. The van der Waals surface area contributed by atoms with Crippen molar-refractivity contribution in [2.75, 3.05) is 39.1 Å². The Morgan fingerprint density at radius 3 is 2.75 bits per heavy atom. The number of morpholine rings is 1. The van der Waals surface area contributed by atoms with E-state index in [2.05, 4.69) is 15.4 Å². The molecule has 0 bridgehead atoms. The summed E-state index contributed by atoms with van der Waals surface area (Å²) in [4.78, 5) is 15.0. The van der Waals surface area contributed by atoms with Gasteiger partial charge >= 0.3 is 0 Å². The number of nitrogens with one attached hydrogen (secondary N) is 1. The van der Waals surface area contributed by atoms with Crippen LogP contribution in [0, 0.1) is 0 Å². The summed E-state index contributed by atoms with van der Waals surface area (Å²) in [6.45, 7) is 3.35. The number of thioether (sulfide) groups is 1. The Hall–Kier alpha value is -1.37. The minimum Gasteiger partial charge on any atom is -0.379 e. The van der Waals surface area contributed by atoms with Gasteiger partial charge in [-0.1, -0.05) is 12.1 Å². The Kier molecular flexibility index (Phi) is 6.04. The smallest absolute Gasteiger partial charge is 0.254 e. The predicted molar refractivity (Wildman–Crippen MR) is 81.2 cm³/mol. The normalized spacial score (nSPS) is 16.4. The molecular formula is C14H19N3O2S. The largest absolute Gasteiger partial charge is 0.379 e. The van der Waals surface area contributed by atoms with Crippen LogP contribution in [-0.2, 0) is 9.53 Å². The van der Waals surface area contributed by atoms with Crippen molar-refractivity contribution in [3.8, 4) is 0 Å². The molecule has 108 valence electrons. The number of carbonyl (C=O) groups is 1. The molecule has 1 amide bonds. The number of hydrazone groups is 1. The number of hydrogen-bond acceptors (Lipinski definition) is 5. The van der Waals surface area contributed by atoms with Gasteiger partial charge in [0.05, 0.1) is 26.0 Å². The maximum atomic E-state index is 11.7. The first-order valence-corrected chi connectivity index (χ1v) is 7.76. The first-order valence-electron chi connectivity index (χ1n) is 6.54. The second kappa shape index (κ2) is 8.04. The van der Waals surface area contributed by atoms with E-state index in [9.17, 15) is 4.79 Å². The third-order valence-electron chi connectivity index (χ3n) is 2.99. The number of rotatable bonds is 5.